The standard InChI is InChI=1S/C13H19NS/c1-9-5-4-6-11-12(9)8-15-10(2)7-13(11)14-3/h4-6,10,13-14H,7-8H2,1-3H3. The van der Waals surface area contributed by atoms with E-state index in [1.165, 1.54) is 23.3 Å². The summed E-state index contributed by atoms with van der Waals surface area (Å²) in [5.74, 6) is 1.17. The molecular formula is C13H19NS. The smallest absolute Gasteiger partial charge is 0.0331 e. The fourth-order valence-electron chi connectivity index (χ4n) is 2.27. The maximum atomic E-state index is 3.44. The van der Waals surface area contributed by atoms with Gasteiger partial charge in [0.25, 0.3) is 0 Å². The molecule has 0 amide bonds. The molecule has 1 aromatic carbocycles. The van der Waals surface area contributed by atoms with Crippen LogP contribution in [0, 0.1) is 6.92 Å². The molecular weight excluding hydrogens is 202 g/mol. The van der Waals surface area contributed by atoms with Gasteiger partial charge in [0.1, 0.15) is 0 Å². The lowest BCUT2D eigenvalue weighted by Crippen LogP contribution is -2.19. The van der Waals surface area contributed by atoms with Crippen molar-refractivity contribution in [1.29, 1.82) is 0 Å². The van der Waals surface area contributed by atoms with Crippen LogP contribution in [0.3, 0.4) is 0 Å². The molecule has 0 aromatic heterocycles. The molecule has 1 aliphatic heterocycles. The summed E-state index contributed by atoms with van der Waals surface area (Å²) in [4.78, 5) is 0. The van der Waals surface area contributed by atoms with Crippen molar-refractivity contribution in [2.75, 3.05) is 7.05 Å². The summed E-state index contributed by atoms with van der Waals surface area (Å²) < 4.78 is 0. The maximum Gasteiger partial charge on any atom is 0.0331 e. The Balaban J connectivity index is 2.42. The van der Waals surface area contributed by atoms with E-state index in [0.717, 1.165) is 5.25 Å². The van der Waals surface area contributed by atoms with Gasteiger partial charge in [0.2, 0.25) is 0 Å². The lowest BCUT2D eigenvalue weighted by Gasteiger charge is -2.18. The Morgan fingerprint density at radius 1 is 1.40 bits per heavy atom. The van der Waals surface area contributed by atoms with Crippen LogP contribution in [0.2, 0.25) is 0 Å². The van der Waals surface area contributed by atoms with Gasteiger partial charge in [-0.15, -0.1) is 0 Å². The van der Waals surface area contributed by atoms with E-state index in [1.807, 2.05) is 0 Å². The number of rotatable bonds is 1. The first-order valence-electron chi connectivity index (χ1n) is 5.59. The normalized spacial score (nSPS) is 25.8. The van der Waals surface area contributed by atoms with E-state index in [2.05, 4.69) is 56.2 Å². The minimum absolute atomic E-state index is 0.532. The lowest BCUT2D eigenvalue weighted by atomic mass is 9.95. The second-order valence-corrected chi connectivity index (χ2v) is 5.77. The first kappa shape index (κ1) is 11.0. The van der Waals surface area contributed by atoms with Gasteiger partial charge in [0.05, 0.1) is 0 Å². The lowest BCUT2D eigenvalue weighted by molar-refractivity contribution is 0.549. The summed E-state index contributed by atoms with van der Waals surface area (Å²) >= 11 is 2.07. The van der Waals surface area contributed by atoms with Gasteiger partial charge in [-0.1, -0.05) is 25.1 Å². The molecule has 2 heteroatoms. The van der Waals surface area contributed by atoms with Crippen molar-refractivity contribution < 1.29 is 0 Å². The number of fused-ring (bicyclic) bond motifs is 1. The van der Waals surface area contributed by atoms with Crippen LogP contribution < -0.4 is 5.32 Å². The highest BCUT2D eigenvalue weighted by atomic mass is 32.2. The average Bonchev–Trinajstić information content (AvgIpc) is 2.39. The molecule has 1 aliphatic rings. The number of aryl methyl sites for hydroxylation is 1. The summed E-state index contributed by atoms with van der Waals surface area (Å²) in [6.07, 6.45) is 1.23. The van der Waals surface area contributed by atoms with Gasteiger partial charge in [-0.25, -0.2) is 0 Å². The highest BCUT2D eigenvalue weighted by Crippen LogP contribution is 2.35. The third-order valence-corrected chi connectivity index (χ3v) is 4.47. The zero-order valence-electron chi connectivity index (χ0n) is 9.71. The number of benzene rings is 1. The fraction of sp³-hybridized carbons (Fsp3) is 0.538. The van der Waals surface area contributed by atoms with Crippen LogP contribution in [0.25, 0.3) is 0 Å². The van der Waals surface area contributed by atoms with Gasteiger partial charge in [-0.3, -0.25) is 0 Å². The number of nitrogens with one attached hydrogen (secondary N) is 1. The SMILES string of the molecule is CNC1CC(C)SCc2c(C)cccc21. The highest BCUT2D eigenvalue weighted by molar-refractivity contribution is 7.99. The van der Waals surface area contributed by atoms with Crippen LogP contribution in [0.1, 0.15) is 36.1 Å². The van der Waals surface area contributed by atoms with E-state index in [-0.39, 0.29) is 0 Å². The molecule has 2 atom stereocenters. The third kappa shape index (κ3) is 2.21. The first-order valence-corrected chi connectivity index (χ1v) is 6.64. The third-order valence-electron chi connectivity index (χ3n) is 3.25. The summed E-state index contributed by atoms with van der Waals surface area (Å²) in [5, 5.41) is 4.19. The van der Waals surface area contributed by atoms with E-state index in [1.54, 1.807) is 5.56 Å². The van der Waals surface area contributed by atoms with Crippen molar-refractivity contribution >= 4 is 11.8 Å². The maximum absolute atomic E-state index is 3.44. The second-order valence-electron chi connectivity index (χ2n) is 4.34. The first-order chi connectivity index (χ1) is 7.22. The van der Waals surface area contributed by atoms with Crippen molar-refractivity contribution in [3.8, 4) is 0 Å². The molecule has 0 fully saturated rings. The second kappa shape index (κ2) is 4.58. The predicted molar refractivity (Wildman–Crippen MR) is 68.4 cm³/mol. The molecule has 0 spiro atoms. The Morgan fingerprint density at radius 3 is 2.93 bits per heavy atom. The van der Waals surface area contributed by atoms with Crippen molar-refractivity contribution in [1.82, 2.24) is 5.32 Å². The summed E-state index contributed by atoms with van der Waals surface area (Å²) in [6, 6.07) is 7.22. The molecule has 1 nitrogen and oxygen atoms in total. The monoisotopic (exact) mass is 221 g/mol. The van der Waals surface area contributed by atoms with Crippen LogP contribution in [0.5, 0.6) is 0 Å². The van der Waals surface area contributed by atoms with Crippen LogP contribution in [-0.2, 0) is 5.75 Å². The van der Waals surface area contributed by atoms with E-state index in [4.69, 9.17) is 0 Å². The number of thioether (sulfide) groups is 1. The largest absolute Gasteiger partial charge is 0.313 e. The van der Waals surface area contributed by atoms with E-state index in [0.29, 0.717) is 6.04 Å². The van der Waals surface area contributed by atoms with E-state index < -0.39 is 0 Å². The highest BCUT2D eigenvalue weighted by Gasteiger charge is 2.21. The van der Waals surface area contributed by atoms with Crippen LogP contribution >= 0.6 is 11.8 Å². The molecule has 2 unspecified atom stereocenters. The molecule has 1 aromatic rings. The Morgan fingerprint density at radius 2 is 2.20 bits per heavy atom. The average molecular weight is 221 g/mol. The topological polar surface area (TPSA) is 12.0 Å². The number of hydrogen-bond acceptors (Lipinski definition) is 2. The van der Waals surface area contributed by atoms with Crippen LogP contribution in [0.15, 0.2) is 18.2 Å². The van der Waals surface area contributed by atoms with Gasteiger partial charge in [0, 0.05) is 17.0 Å². The molecule has 82 valence electrons. The molecule has 2 rings (SSSR count). The molecule has 0 radical (unpaired) electrons. The summed E-state index contributed by atoms with van der Waals surface area (Å²) in [6.45, 7) is 4.55. The van der Waals surface area contributed by atoms with Crippen LogP contribution in [-0.4, -0.2) is 12.3 Å². The molecule has 0 bridgehead atoms. The van der Waals surface area contributed by atoms with Crippen molar-refractivity contribution in [2.45, 2.75) is 37.3 Å². The number of hydrogen-bond donors (Lipinski definition) is 1. The predicted octanol–water partition coefficient (Wildman–Crippen LogP) is 3.28. The van der Waals surface area contributed by atoms with Gasteiger partial charge in [0.15, 0.2) is 0 Å². The van der Waals surface area contributed by atoms with Gasteiger partial charge >= 0.3 is 0 Å². The van der Waals surface area contributed by atoms with Crippen molar-refractivity contribution in [3.63, 3.8) is 0 Å². The van der Waals surface area contributed by atoms with Gasteiger partial charge in [-0.2, -0.15) is 11.8 Å². The molecule has 0 saturated heterocycles. The van der Waals surface area contributed by atoms with Crippen molar-refractivity contribution in [2.24, 2.45) is 0 Å². The Hall–Kier alpha value is -0.470. The molecule has 0 saturated carbocycles. The van der Waals surface area contributed by atoms with E-state index >= 15 is 0 Å². The Labute approximate surface area is 96.7 Å². The molecule has 1 N–H and O–H groups in total. The Kier molecular flexibility index (Phi) is 3.37. The fourth-order valence-corrected chi connectivity index (χ4v) is 3.45. The zero-order chi connectivity index (χ0) is 10.8. The minimum Gasteiger partial charge on any atom is -0.313 e. The van der Waals surface area contributed by atoms with Crippen LogP contribution in [0.4, 0.5) is 0 Å². The Bertz CT molecular complexity index is 348. The summed E-state index contributed by atoms with van der Waals surface area (Å²) in [7, 11) is 2.07. The van der Waals surface area contributed by atoms with Gasteiger partial charge < -0.3 is 5.32 Å². The van der Waals surface area contributed by atoms with Gasteiger partial charge in [-0.05, 0) is 37.1 Å². The quantitative estimate of drug-likeness (QED) is 0.781. The molecule has 0 aliphatic carbocycles. The molecule has 15 heavy (non-hydrogen) atoms. The summed E-state index contributed by atoms with van der Waals surface area (Å²) in [5.41, 5.74) is 4.50. The van der Waals surface area contributed by atoms with Crippen molar-refractivity contribution in [3.05, 3.63) is 34.9 Å². The van der Waals surface area contributed by atoms with E-state index in [9.17, 15) is 0 Å². The zero-order valence-corrected chi connectivity index (χ0v) is 10.5. The minimum atomic E-state index is 0.532. The molecule has 1 heterocycles.